The number of benzene rings is 2. The molecule has 3 nitrogen and oxygen atoms in total. The summed E-state index contributed by atoms with van der Waals surface area (Å²) in [5, 5.41) is 22.2. The second-order valence-electron chi connectivity index (χ2n) is 4.47. The van der Waals surface area contributed by atoms with Crippen molar-refractivity contribution in [2.45, 2.75) is 19.5 Å². The van der Waals surface area contributed by atoms with Gasteiger partial charge in [-0.05, 0) is 30.7 Å². The van der Waals surface area contributed by atoms with Crippen molar-refractivity contribution in [2.75, 3.05) is 0 Å². The minimum absolute atomic E-state index is 0.0342. The summed E-state index contributed by atoms with van der Waals surface area (Å²) in [7, 11) is 0. The van der Waals surface area contributed by atoms with Gasteiger partial charge in [-0.1, -0.05) is 18.2 Å². The summed E-state index contributed by atoms with van der Waals surface area (Å²) in [6, 6.07) is 10.7. The number of phenolic OH excluding ortho intramolecular Hbond substituents is 2. The Morgan fingerprint density at radius 3 is 2.42 bits per heavy atom. The van der Waals surface area contributed by atoms with Gasteiger partial charge in [-0.15, -0.1) is 0 Å². The van der Waals surface area contributed by atoms with E-state index in [2.05, 4.69) is 5.32 Å². The van der Waals surface area contributed by atoms with Crippen LogP contribution in [-0.4, -0.2) is 10.2 Å². The van der Waals surface area contributed by atoms with Crippen LogP contribution in [-0.2, 0) is 6.54 Å². The third-order valence-electron chi connectivity index (χ3n) is 3.01. The summed E-state index contributed by atoms with van der Waals surface area (Å²) in [4.78, 5) is 0. The molecule has 0 amide bonds. The molecule has 4 heteroatoms. The van der Waals surface area contributed by atoms with Crippen LogP contribution in [0.4, 0.5) is 4.39 Å². The quantitative estimate of drug-likeness (QED) is 0.792. The molecule has 0 aliphatic carbocycles. The molecule has 0 heterocycles. The Balaban J connectivity index is 2.01. The van der Waals surface area contributed by atoms with Crippen molar-refractivity contribution in [2.24, 2.45) is 0 Å². The van der Waals surface area contributed by atoms with Crippen LogP contribution >= 0.6 is 0 Å². The number of hydrogen-bond acceptors (Lipinski definition) is 3. The zero-order chi connectivity index (χ0) is 13.8. The molecule has 100 valence electrons. The first-order chi connectivity index (χ1) is 9.06. The van der Waals surface area contributed by atoms with E-state index >= 15 is 0 Å². The van der Waals surface area contributed by atoms with Crippen LogP contribution in [0.2, 0.25) is 0 Å². The first kappa shape index (κ1) is 13.4. The van der Waals surface area contributed by atoms with Crippen LogP contribution in [0.3, 0.4) is 0 Å². The Labute approximate surface area is 111 Å². The highest BCUT2D eigenvalue weighted by Gasteiger charge is 2.10. The zero-order valence-electron chi connectivity index (χ0n) is 10.6. The molecule has 1 atom stereocenters. The second-order valence-corrected chi connectivity index (χ2v) is 4.47. The van der Waals surface area contributed by atoms with Crippen molar-refractivity contribution in [1.82, 2.24) is 5.32 Å². The largest absolute Gasteiger partial charge is 0.508 e. The Kier molecular flexibility index (Phi) is 4.02. The van der Waals surface area contributed by atoms with Crippen molar-refractivity contribution in [1.29, 1.82) is 0 Å². The van der Waals surface area contributed by atoms with Gasteiger partial charge in [0.05, 0.1) is 0 Å². The monoisotopic (exact) mass is 261 g/mol. The molecule has 3 N–H and O–H groups in total. The van der Waals surface area contributed by atoms with E-state index in [1.54, 1.807) is 18.2 Å². The predicted octanol–water partition coefficient (Wildman–Crippen LogP) is 3.09. The lowest BCUT2D eigenvalue weighted by atomic mass is 10.1. The Morgan fingerprint density at radius 2 is 1.79 bits per heavy atom. The van der Waals surface area contributed by atoms with Gasteiger partial charge in [-0.3, -0.25) is 0 Å². The van der Waals surface area contributed by atoms with Gasteiger partial charge in [0.15, 0.2) is 0 Å². The van der Waals surface area contributed by atoms with E-state index in [4.69, 9.17) is 0 Å². The van der Waals surface area contributed by atoms with Gasteiger partial charge in [-0.2, -0.15) is 0 Å². The lowest BCUT2D eigenvalue weighted by Gasteiger charge is -2.15. The SMILES string of the molecule is CC(NCc1ccc(F)cc1)c1ccc(O)cc1O. The third-order valence-corrected chi connectivity index (χ3v) is 3.01. The summed E-state index contributed by atoms with van der Waals surface area (Å²) in [5.74, 6) is -0.168. The first-order valence-electron chi connectivity index (χ1n) is 6.06. The molecule has 2 aromatic carbocycles. The average Bonchev–Trinajstić information content (AvgIpc) is 2.37. The highest BCUT2D eigenvalue weighted by Crippen LogP contribution is 2.27. The number of hydrogen-bond donors (Lipinski definition) is 3. The molecular formula is C15H16FNO2. The molecule has 0 saturated heterocycles. The highest BCUT2D eigenvalue weighted by molar-refractivity contribution is 5.40. The Hall–Kier alpha value is -2.07. The van der Waals surface area contributed by atoms with Crippen LogP contribution in [0.25, 0.3) is 0 Å². The van der Waals surface area contributed by atoms with Crippen molar-refractivity contribution in [3.05, 3.63) is 59.4 Å². The fraction of sp³-hybridized carbons (Fsp3) is 0.200. The lowest BCUT2D eigenvalue weighted by Crippen LogP contribution is -2.18. The maximum absolute atomic E-state index is 12.8. The Morgan fingerprint density at radius 1 is 1.11 bits per heavy atom. The highest BCUT2D eigenvalue weighted by atomic mass is 19.1. The Bertz CT molecular complexity index is 555. The summed E-state index contributed by atoms with van der Waals surface area (Å²) in [6.45, 7) is 2.48. The molecule has 19 heavy (non-hydrogen) atoms. The zero-order valence-corrected chi connectivity index (χ0v) is 10.6. The normalized spacial score (nSPS) is 12.3. The molecule has 0 aliphatic rings. The van der Waals surface area contributed by atoms with Gasteiger partial charge in [0.2, 0.25) is 0 Å². The van der Waals surface area contributed by atoms with Gasteiger partial charge in [0, 0.05) is 24.2 Å². The summed E-state index contributed by atoms with van der Waals surface area (Å²) >= 11 is 0. The van der Waals surface area contributed by atoms with E-state index < -0.39 is 0 Å². The molecule has 0 aliphatic heterocycles. The van der Waals surface area contributed by atoms with Gasteiger partial charge in [0.25, 0.3) is 0 Å². The van der Waals surface area contributed by atoms with E-state index in [1.165, 1.54) is 24.3 Å². The van der Waals surface area contributed by atoms with Crippen molar-refractivity contribution in [3.8, 4) is 11.5 Å². The minimum atomic E-state index is -0.257. The van der Waals surface area contributed by atoms with Crippen LogP contribution < -0.4 is 5.32 Å². The van der Waals surface area contributed by atoms with Crippen molar-refractivity contribution in [3.63, 3.8) is 0 Å². The van der Waals surface area contributed by atoms with E-state index in [-0.39, 0.29) is 23.4 Å². The number of aromatic hydroxyl groups is 2. The summed E-state index contributed by atoms with van der Waals surface area (Å²) in [5.41, 5.74) is 1.67. The molecule has 2 rings (SSSR count). The maximum atomic E-state index is 12.8. The van der Waals surface area contributed by atoms with Crippen molar-refractivity contribution < 1.29 is 14.6 Å². The predicted molar refractivity (Wildman–Crippen MR) is 71.4 cm³/mol. The van der Waals surface area contributed by atoms with Gasteiger partial charge >= 0.3 is 0 Å². The third kappa shape index (κ3) is 3.45. The van der Waals surface area contributed by atoms with E-state index in [0.717, 1.165) is 5.56 Å². The van der Waals surface area contributed by atoms with E-state index in [9.17, 15) is 14.6 Å². The number of rotatable bonds is 4. The minimum Gasteiger partial charge on any atom is -0.508 e. The first-order valence-corrected chi connectivity index (χ1v) is 6.06. The average molecular weight is 261 g/mol. The molecular weight excluding hydrogens is 245 g/mol. The maximum Gasteiger partial charge on any atom is 0.124 e. The summed E-state index contributed by atoms with van der Waals surface area (Å²) in [6.07, 6.45) is 0. The smallest absolute Gasteiger partial charge is 0.124 e. The van der Waals surface area contributed by atoms with E-state index in [1.807, 2.05) is 6.92 Å². The molecule has 0 spiro atoms. The molecule has 0 saturated carbocycles. The molecule has 0 aromatic heterocycles. The van der Waals surface area contributed by atoms with Crippen molar-refractivity contribution >= 4 is 0 Å². The van der Waals surface area contributed by atoms with Gasteiger partial charge in [-0.25, -0.2) is 4.39 Å². The molecule has 0 fully saturated rings. The fourth-order valence-corrected chi connectivity index (χ4v) is 1.88. The fourth-order valence-electron chi connectivity index (χ4n) is 1.88. The van der Waals surface area contributed by atoms with Crippen LogP contribution in [0.15, 0.2) is 42.5 Å². The number of halogens is 1. The standard InChI is InChI=1S/C15H16FNO2/c1-10(14-7-6-13(18)8-15(14)19)17-9-11-2-4-12(16)5-3-11/h2-8,10,17-19H,9H2,1H3. The molecule has 1 unspecified atom stereocenters. The van der Waals surface area contributed by atoms with Gasteiger partial charge in [0.1, 0.15) is 17.3 Å². The van der Waals surface area contributed by atoms with Crippen LogP contribution in [0.1, 0.15) is 24.1 Å². The second kappa shape index (κ2) is 5.71. The molecule has 0 radical (unpaired) electrons. The lowest BCUT2D eigenvalue weighted by molar-refractivity contribution is 0.436. The van der Waals surface area contributed by atoms with E-state index in [0.29, 0.717) is 12.1 Å². The number of phenols is 2. The number of nitrogens with one attached hydrogen (secondary N) is 1. The topological polar surface area (TPSA) is 52.5 Å². The van der Waals surface area contributed by atoms with Gasteiger partial charge < -0.3 is 15.5 Å². The summed E-state index contributed by atoms with van der Waals surface area (Å²) < 4.78 is 12.8. The van der Waals surface area contributed by atoms with Crippen LogP contribution in [0.5, 0.6) is 11.5 Å². The molecule has 2 aromatic rings. The molecule has 0 bridgehead atoms. The van der Waals surface area contributed by atoms with Crippen LogP contribution in [0, 0.1) is 5.82 Å².